The SMILES string of the molecule is Cc1ccc(C)c(S(=O)(=O)NCCNC(=O)Cn2c(=O)[nH]c(=O)c3ccccc32)c1. The maximum atomic E-state index is 12.5. The number of H-pyrrole nitrogens is 1. The van der Waals surface area contributed by atoms with E-state index in [1.165, 1.54) is 0 Å². The quantitative estimate of drug-likeness (QED) is 0.467. The average molecular weight is 430 g/mol. The van der Waals surface area contributed by atoms with Crippen molar-refractivity contribution in [1.29, 1.82) is 0 Å². The number of benzene rings is 2. The van der Waals surface area contributed by atoms with Gasteiger partial charge >= 0.3 is 5.69 Å². The molecular weight excluding hydrogens is 408 g/mol. The van der Waals surface area contributed by atoms with Gasteiger partial charge in [0.2, 0.25) is 15.9 Å². The molecule has 3 rings (SSSR count). The first-order valence-electron chi connectivity index (χ1n) is 9.24. The zero-order valence-electron chi connectivity index (χ0n) is 16.6. The summed E-state index contributed by atoms with van der Waals surface area (Å²) in [6, 6.07) is 11.6. The summed E-state index contributed by atoms with van der Waals surface area (Å²) in [5, 5.41) is 2.87. The molecule has 10 heteroatoms. The highest BCUT2D eigenvalue weighted by molar-refractivity contribution is 7.89. The minimum atomic E-state index is -3.71. The number of para-hydroxylation sites is 1. The second-order valence-corrected chi connectivity index (χ2v) is 8.61. The largest absolute Gasteiger partial charge is 0.353 e. The number of hydrogen-bond donors (Lipinski definition) is 3. The number of nitrogens with one attached hydrogen (secondary N) is 3. The molecule has 0 aliphatic heterocycles. The number of aryl methyl sites for hydroxylation is 2. The van der Waals surface area contributed by atoms with Gasteiger partial charge < -0.3 is 5.32 Å². The van der Waals surface area contributed by atoms with Crippen LogP contribution < -0.4 is 21.3 Å². The molecule has 3 N–H and O–H groups in total. The third-order valence-corrected chi connectivity index (χ3v) is 6.18. The molecule has 0 radical (unpaired) electrons. The number of amides is 1. The molecule has 0 unspecified atom stereocenters. The van der Waals surface area contributed by atoms with Gasteiger partial charge in [-0.25, -0.2) is 17.9 Å². The molecule has 158 valence electrons. The Morgan fingerprint density at radius 3 is 2.57 bits per heavy atom. The first-order valence-corrected chi connectivity index (χ1v) is 10.7. The van der Waals surface area contributed by atoms with E-state index in [-0.39, 0.29) is 24.5 Å². The topological polar surface area (TPSA) is 130 Å². The van der Waals surface area contributed by atoms with E-state index in [1.54, 1.807) is 50.2 Å². The van der Waals surface area contributed by atoms with E-state index in [1.807, 2.05) is 6.07 Å². The number of aromatic nitrogens is 2. The van der Waals surface area contributed by atoms with Gasteiger partial charge in [0.05, 0.1) is 15.8 Å². The van der Waals surface area contributed by atoms with Crippen LogP contribution in [-0.4, -0.2) is 37.0 Å². The lowest BCUT2D eigenvalue weighted by atomic mass is 10.2. The maximum Gasteiger partial charge on any atom is 0.329 e. The Balaban J connectivity index is 1.62. The first-order chi connectivity index (χ1) is 14.2. The van der Waals surface area contributed by atoms with E-state index in [4.69, 9.17) is 0 Å². The lowest BCUT2D eigenvalue weighted by Gasteiger charge is -2.12. The van der Waals surface area contributed by atoms with E-state index < -0.39 is 27.2 Å². The van der Waals surface area contributed by atoms with Gasteiger partial charge in [-0.05, 0) is 43.2 Å². The van der Waals surface area contributed by atoms with Crippen LogP contribution in [0.4, 0.5) is 0 Å². The summed E-state index contributed by atoms with van der Waals surface area (Å²) in [5.74, 6) is -0.486. The molecule has 0 bridgehead atoms. The first kappa shape index (κ1) is 21.5. The molecule has 0 spiro atoms. The van der Waals surface area contributed by atoms with Gasteiger partial charge in [0.1, 0.15) is 6.54 Å². The fourth-order valence-electron chi connectivity index (χ4n) is 3.06. The Morgan fingerprint density at radius 1 is 1.07 bits per heavy atom. The molecule has 1 aromatic heterocycles. The van der Waals surface area contributed by atoms with Crippen molar-refractivity contribution in [2.45, 2.75) is 25.3 Å². The van der Waals surface area contributed by atoms with Gasteiger partial charge in [-0.3, -0.25) is 19.1 Å². The van der Waals surface area contributed by atoms with E-state index in [2.05, 4.69) is 15.0 Å². The van der Waals surface area contributed by atoms with Crippen LogP contribution in [0.3, 0.4) is 0 Å². The fourth-order valence-corrected chi connectivity index (χ4v) is 4.42. The van der Waals surface area contributed by atoms with E-state index in [9.17, 15) is 22.8 Å². The molecule has 0 saturated carbocycles. The molecule has 1 amide bonds. The number of fused-ring (bicyclic) bond motifs is 1. The molecule has 0 aliphatic carbocycles. The second kappa shape index (κ2) is 8.64. The van der Waals surface area contributed by atoms with Crippen LogP contribution in [0.15, 0.2) is 56.9 Å². The molecule has 0 fully saturated rings. The van der Waals surface area contributed by atoms with Crippen molar-refractivity contribution in [3.8, 4) is 0 Å². The van der Waals surface area contributed by atoms with Crippen molar-refractivity contribution >= 4 is 26.8 Å². The van der Waals surface area contributed by atoms with E-state index >= 15 is 0 Å². The van der Waals surface area contributed by atoms with Crippen LogP contribution in [0.25, 0.3) is 10.9 Å². The number of carbonyl (C=O) groups excluding carboxylic acids is 1. The number of rotatable bonds is 7. The fraction of sp³-hybridized carbons (Fsp3) is 0.250. The number of hydrogen-bond acceptors (Lipinski definition) is 5. The normalized spacial score (nSPS) is 11.5. The number of carbonyl (C=O) groups is 1. The minimum Gasteiger partial charge on any atom is -0.353 e. The van der Waals surface area contributed by atoms with Gasteiger partial charge in [0.25, 0.3) is 5.56 Å². The van der Waals surface area contributed by atoms with E-state index in [0.29, 0.717) is 16.5 Å². The Labute approximate surface area is 172 Å². The molecule has 0 saturated heterocycles. The number of sulfonamides is 1. The Bertz CT molecular complexity index is 1330. The highest BCUT2D eigenvalue weighted by Crippen LogP contribution is 2.16. The van der Waals surface area contributed by atoms with Crippen molar-refractivity contribution < 1.29 is 13.2 Å². The zero-order valence-corrected chi connectivity index (χ0v) is 17.4. The lowest BCUT2D eigenvalue weighted by Crippen LogP contribution is -2.39. The summed E-state index contributed by atoms with van der Waals surface area (Å²) in [6.45, 7) is 3.24. The number of aromatic amines is 1. The summed E-state index contributed by atoms with van der Waals surface area (Å²) in [5.41, 5.74) is 0.587. The summed E-state index contributed by atoms with van der Waals surface area (Å²) < 4.78 is 28.5. The van der Waals surface area contributed by atoms with Gasteiger partial charge in [-0.2, -0.15) is 0 Å². The Kier molecular flexibility index (Phi) is 6.18. The highest BCUT2D eigenvalue weighted by atomic mass is 32.2. The van der Waals surface area contributed by atoms with Gasteiger partial charge in [0, 0.05) is 13.1 Å². The second-order valence-electron chi connectivity index (χ2n) is 6.88. The van der Waals surface area contributed by atoms with Crippen LogP contribution in [0.1, 0.15) is 11.1 Å². The zero-order chi connectivity index (χ0) is 21.9. The van der Waals surface area contributed by atoms with Crippen molar-refractivity contribution in [3.05, 3.63) is 74.4 Å². The minimum absolute atomic E-state index is 0.0112. The Morgan fingerprint density at radius 2 is 1.80 bits per heavy atom. The maximum absolute atomic E-state index is 12.5. The molecule has 9 nitrogen and oxygen atoms in total. The third kappa shape index (κ3) is 4.66. The van der Waals surface area contributed by atoms with Gasteiger partial charge in [0.15, 0.2) is 0 Å². The van der Waals surface area contributed by atoms with Crippen molar-refractivity contribution in [3.63, 3.8) is 0 Å². The molecule has 0 aliphatic rings. The third-order valence-electron chi connectivity index (χ3n) is 4.58. The van der Waals surface area contributed by atoms with Crippen molar-refractivity contribution in [2.75, 3.05) is 13.1 Å². The lowest BCUT2D eigenvalue weighted by molar-refractivity contribution is -0.121. The smallest absolute Gasteiger partial charge is 0.329 e. The molecular formula is C20H22N4O5S. The molecule has 30 heavy (non-hydrogen) atoms. The molecule has 0 atom stereocenters. The van der Waals surface area contributed by atoms with Crippen molar-refractivity contribution in [1.82, 2.24) is 19.6 Å². The standard InChI is InChI=1S/C20H22N4O5S/c1-13-7-8-14(2)17(11-13)30(28,29)22-10-9-21-18(25)12-24-16-6-4-3-5-15(16)19(26)23-20(24)27/h3-8,11,22H,9-10,12H2,1-2H3,(H,21,25)(H,23,26,27). The summed E-state index contributed by atoms with van der Waals surface area (Å²) in [4.78, 5) is 38.6. The predicted molar refractivity (Wildman–Crippen MR) is 113 cm³/mol. The summed E-state index contributed by atoms with van der Waals surface area (Å²) in [6.07, 6.45) is 0. The molecule has 1 heterocycles. The van der Waals surface area contributed by atoms with Gasteiger partial charge in [-0.1, -0.05) is 24.3 Å². The highest BCUT2D eigenvalue weighted by Gasteiger charge is 2.16. The van der Waals surface area contributed by atoms with Crippen LogP contribution in [-0.2, 0) is 21.4 Å². The van der Waals surface area contributed by atoms with Crippen molar-refractivity contribution in [2.24, 2.45) is 0 Å². The molecule has 2 aromatic carbocycles. The summed E-state index contributed by atoms with van der Waals surface area (Å²) in [7, 11) is -3.71. The Hall–Kier alpha value is -3.24. The van der Waals surface area contributed by atoms with Crippen LogP contribution in [0.5, 0.6) is 0 Å². The van der Waals surface area contributed by atoms with Crippen LogP contribution in [0.2, 0.25) is 0 Å². The van der Waals surface area contributed by atoms with E-state index in [0.717, 1.165) is 10.1 Å². The average Bonchev–Trinajstić information content (AvgIpc) is 2.70. The summed E-state index contributed by atoms with van der Waals surface area (Å²) >= 11 is 0. The monoisotopic (exact) mass is 430 g/mol. The van der Waals surface area contributed by atoms with Gasteiger partial charge in [-0.15, -0.1) is 0 Å². The molecule has 3 aromatic rings. The van der Waals surface area contributed by atoms with Crippen LogP contribution >= 0.6 is 0 Å². The van der Waals surface area contributed by atoms with Crippen LogP contribution in [0, 0.1) is 13.8 Å². The predicted octanol–water partition coefficient (Wildman–Crippen LogP) is 0.401. The number of nitrogens with zero attached hydrogens (tertiary/aromatic N) is 1.